The van der Waals surface area contributed by atoms with Gasteiger partial charge in [0.05, 0.1) is 11.4 Å². The van der Waals surface area contributed by atoms with Gasteiger partial charge in [0.15, 0.2) is 0 Å². The van der Waals surface area contributed by atoms with E-state index in [9.17, 15) is 4.79 Å². The molecule has 1 aromatic carbocycles. The molecule has 6 nitrogen and oxygen atoms in total. The molecule has 0 spiro atoms. The van der Waals surface area contributed by atoms with E-state index in [4.69, 9.17) is 16.3 Å². The number of carbonyl (C=O) groups excluding carboxylic acids is 1. The smallest absolute Gasteiger partial charge is 0.316 e. The largest absolute Gasteiger partial charge is 0.459 e. The van der Waals surface area contributed by atoms with Gasteiger partial charge >= 0.3 is 5.97 Å². The SMILES string of the molecule is CC(C)(C)OC(=O)CSc1nnnn1-c1ccc(Cl)cc1. The van der Waals surface area contributed by atoms with Crippen LogP contribution in [-0.2, 0) is 9.53 Å². The molecule has 0 aliphatic rings. The number of thioether (sulfide) groups is 1. The predicted octanol–water partition coefficient (Wildman–Crippen LogP) is 2.75. The number of hydrogen-bond donors (Lipinski definition) is 0. The number of halogens is 1. The van der Waals surface area contributed by atoms with E-state index in [1.54, 1.807) is 28.9 Å². The molecule has 0 saturated heterocycles. The second-order valence-electron chi connectivity index (χ2n) is 5.22. The summed E-state index contributed by atoms with van der Waals surface area (Å²) in [4.78, 5) is 11.7. The lowest BCUT2D eigenvalue weighted by Gasteiger charge is -2.19. The molecule has 0 unspecified atom stereocenters. The second-order valence-corrected chi connectivity index (χ2v) is 6.60. The maximum atomic E-state index is 11.7. The van der Waals surface area contributed by atoms with Gasteiger partial charge in [-0.15, -0.1) is 5.10 Å². The highest BCUT2D eigenvalue weighted by atomic mass is 35.5. The van der Waals surface area contributed by atoms with Crippen molar-refractivity contribution in [2.75, 3.05) is 5.75 Å². The van der Waals surface area contributed by atoms with Crippen LogP contribution < -0.4 is 0 Å². The highest BCUT2D eigenvalue weighted by Gasteiger charge is 2.18. The van der Waals surface area contributed by atoms with Gasteiger partial charge < -0.3 is 4.74 Å². The minimum atomic E-state index is -0.500. The van der Waals surface area contributed by atoms with Crippen molar-refractivity contribution in [3.63, 3.8) is 0 Å². The molecule has 1 aromatic heterocycles. The van der Waals surface area contributed by atoms with Crippen LogP contribution in [0.25, 0.3) is 5.69 Å². The lowest BCUT2D eigenvalue weighted by atomic mass is 10.2. The number of esters is 1. The Morgan fingerprint density at radius 1 is 1.33 bits per heavy atom. The summed E-state index contributed by atoms with van der Waals surface area (Å²) in [7, 11) is 0. The third-order valence-electron chi connectivity index (χ3n) is 2.25. The molecule has 21 heavy (non-hydrogen) atoms. The summed E-state index contributed by atoms with van der Waals surface area (Å²) >= 11 is 7.07. The summed E-state index contributed by atoms with van der Waals surface area (Å²) in [6.07, 6.45) is 0. The number of nitrogens with zero attached hydrogens (tertiary/aromatic N) is 4. The van der Waals surface area contributed by atoms with Gasteiger partial charge in [0.1, 0.15) is 5.60 Å². The Hall–Kier alpha value is -1.60. The Balaban J connectivity index is 2.04. The number of benzene rings is 1. The first-order valence-electron chi connectivity index (χ1n) is 6.24. The van der Waals surface area contributed by atoms with Gasteiger partial charge in [0, 0.05) is 5.02 Å². The Kier molecular flexibility index (Phi) is 4.84. The summed E-state index contributed by atoms with van der Waals surface area (Å²) in [6.45, 7) is 5.48. The molecule has 0 N–H and O–H groups in total. The number of aromatic nitrogens is 4. The molecule has 8 heteroatoms. The second kappa shape index (κ2) is 6.44. The fraction of sp³-hybridized carbons (Fsp3) is 0.385. The summed E-state index contributed by atoms with van der Waals surface area (Å²) in [5.41, 5.74) is 0.274. The minimum absolute atomic E-state index is 0.144. The van der Waals surface area contributed by atoms with Crippen molar-refractivity contribution in [3.05, 3.63) is 29.3 Å². The van der Waals surface area contributed by atoms with Crippen molar-refractivity contribution in [3.8, 4) is 5.69 Å². The zero-order chi connectivity index (χ0) is 15.5. The molecule has 0 aliphatic heterocycles. The molecule has 1 heterocycles. The van der Waals surface area contributed by atoms with E-state index in [1.165, 1.54) is 11.8 Å². The topological polar surface area (TPSA) is 69.9 Å². The van der Waals surface area contributed by atoms with Crippen LogP contribution in [0.2, 0.25) is 5.02 Å². The fourth-order valence-electron chi connectivity index (χ4n) is 1.51. The van der Waals surface area contributed by atoms with Crippen molar-refractivity contribution >= 4 is 29.3 Å². The van der Waals surface area contributed by atoms with E-state index in [2.05, 4.69) is 15.5 Å². The molecule has 0 radical (unpaired) electrons. The first-order valence-corrected chi connectivity index (χ1v) is 7.60. The quantitative estimate of drug-likeness (QED) is 0.635. The van der Waals surface area contributed by atoms with Gasteiger partial charge in [0.25, 0.3) is 0 Å². The number of ether oxygens (including phenoxy) is 1. The van der Waals surface area contributed by atoms with E-state index in [1.807, 2.05) is 20.8 Å². The standard InChI is InChI=1S/C13H15ClN4O2S/c1-13(2,3)20-11(19)8-21-12-15-16-17-18(12)10-6-4-9(14)5-7-10/h4-7H,8H2,1-3H3. The fourth-order valence-corrected chi connectivity index (χ4v) is 2.30. The van der Waals surface area contributed by atoms with Crippen LogP contribution in [0.4, 0.5) is 0 Å². The molecule has 0 amide bonds. The summed E-state index contributed by atoms with van der Waals surface area (Å²) in [6, 6.07) is 7.11. The van der Waals surface area contributed by atoms with Crippen molar-refractivity contribution in [2.45, 2.75) is 31.5 Å². The van der Waals surface area contributed by atoms with E-state index in [0.717, 1.165) is 5.69 Å². The first kappa shape index (κ1) is 15.8. The Labute approximate surface area is 131 Å². The maximum absolute atomic E-state index is 11.7. The highest BCUT2D eigenvalue weighted by molar-refractivity contribution is 7.99. The zero-order valence-electron chi connectivity index (χ0n) is 11.9. The monoisotopic (exact) mass is 326 g/mol. The van der Waals surface area contributed by atoms with Crippen molar-refractivity contribution in [1.82, 2.24) is 20.2 Å². The Morgan fingerprint density at radius 2 is 2.00 bits per heavy atom. The normalized spacial score (nSPS) is 11.4. The predicted molar refractivity (Wildman–Crippen MR) is 80.7 cm³/mol. The molecule has 0 aliphatic carbocycles. The number of rotatable bonds is 4. The van der Waals surface area contributed by atoms with Gasteiger partial charge in [-0.25, -0.2) is 0 Å². The van der Waals surface area contributed by atoms with Crippen LogP contribution in [0.15, 0.2) is 29.4 Å². The van der Waals surface area contributed by atoms with Crippen molar-refractivity contribution in [1.29, 1.82) is 0 Å². The third kappa shape index (κ3) is 4.71. The molecular formula is C13H15ClN4O2S. The average molecular weight is 327 g/mol. The summed E-state index contributed by atoms with van der Waals surface area (Å²) in [5, 5.41) is 12.6. The van der Waals surface area contributed by atoms with Crippen LogP contribution in [0, 0.1) is 0 Å². The van der Waals surface area contributed by atoms with Gasteiger partial charge in [0.2, 0.25) is 5.16 Å². The van der Waals surface area contributed by atoms with E-state index in [-0.39, 0.29) is 11.7 Å². The third-order valence-corrected chi connectivity index (χ3v) is 3.40. The summed E-state index contributed by atoms with van der Waals surface area (Å²) < 4.78 is 6.79. The van der Waals surface area contributed by atoms with E-state index >= 15 is 0 Å². The highest BCUT2D eigenvalue weighted by Crippen LogP contribution is 2.20. The van der Waals surface area contributed by atoms with Crippen LogP contribution in [0.1, 0.15) is 20.8 Å². The lowest BCUT2D eigenvalue weighted by Crippen LogP contribution is -2.25. The molecule has 0 saturated carbocycles. The van der Waals surface area contributed by atoms with Crippen LogP contribution >= 0.6 is 23.4 Å². The van der Waals surface area contributed by atoms with Crippen molar-refractivity contribution in [2.24, 2.45) is 0 Å². The van der Waals surface area contributed by atoms with Gasteiger partial charge in [-0.1, -0.05) is 23.4 Å². The lowest BCUT2D eigenvalue weighted by molar-refractivity contribution is -0.151. The Bertz CT molecular complexity index is 622. The first-order chi connectivity index (χ1) is 9.85. The van der Waals surface area contributed by atoms with Crippen LogP contribution in [-0.4, -0.2) is 37.5 Å². The Morgan fingerprint density at radius 3 is 2.62 bits per heavy atom. The molecule has 0 atom stereocenters. The number of tetrazole rings is 1. The number of hydrogen-bond acceptors (Lipinski definition) is 6. The average Bonchev–Trinajstić information content (AvgIpc) is 2.83. The molecule has 0 bridgehead atoms. The molecule has 112 valence electrons. The molecule has 2 rings (SSSR count). The summed E-state index contributed by atoms with van der Waals surface area (Å²) in [5.74, 6) is -0.163. The van der Waals surface area contributed by atoms with Crippen LogP contribution in [0.3, 0.4) is 0 Å². The maximum Gasteiger partial charge on any atom is 0.316 e. The van der Waals surface area contributed by atoms with Crippen LogP contribution in [0.5, 0.6) is 0 Å². The van der Waals surface area contributed by atoms with Gasteiger partial charge in [-0.05, 0) is 55.5 Å². The van der Waals surface area contributed by atoms with E-state index < -0.39 is 5.60 Å². The molecule has 0 fully saturated rings. The van der Waals surface area contributed by atoms with Gasteiger partial charge in [-0.3, -0.25) is 4.79 Å². The van der Waals surface area contributed by atoms with Crippen molar-refractivity contribution < 1.29 is 9.53 Å². The number of carbonyl (C=O) groups is 1. The zero-order valence-corrected chi connectivity index (χ0v) is 13.5. The molecular weight excluding hydrogens is 312 g/mol. The van der Waals surface area contributed by atoms with E-state index in [0.29, 0.717) is 10.2 Å². The minimum Gasteiger partial charge on any atom is -0.459 e. The molecule has 2 aromatic rings. The van der Waals surface area contributed by atoms with Gasteiger partial charge in [-0.2, -0.15) is 4.68 Å².